The van der Waals surface area contributed by atoms with Gasteiger partial charge < -0.3 is 4.57 Å². The van der Waals surface area contributed by atoms with Gasteiger partial charge in [-0.3, -0.25) is 0 Å². The first-order valence-electron chi connectivity index (χ1n) is 18.0. The summed E-state index contributed by atoms with van der Waals surface area (Å²) in [4.78, 5) is 0. The molecule has 2 nitrogen and oxygen atoms in total. The molecule has 10 aromatic rings. The fraction of sp³-hybridized carbons (Fsp3) is 0. The van der Waals surface area contributed by atoms with Gasteiger partial charge >= 0.3 is 0 Å². The number of rotatable bonds is 5. The summed E-state index contributed by atoms with van der Waals surface area (Å²) in [6.45, 7) is 0. The van der Waals surface area contributed by atoms with Gasteiger partial charge in [-0.25, -0.2) is 0 Å². The molecular formula is C51H32N2. The van der Waals surface area contributed by atoms with Crippen LogP contribution in [0.4, 0.5) is 0 Å². The molecule has 0 radical (unpaired) electrons. The normalized spacial score (nSPS) is 11.4. The lowest BCUT2D eigenvalue weighted by atomic mass is 9.85. The molecule has 0 unspecified atom stereocenters. The van der Waals surface area contributed by atoms with Crippen LogP contribution in [-0.2, 0) is 0 Å². The molecule has 246 valence electrons. The second-order valence-corrected chi connectivity index (χ2v) is 13.5. The minimum Gasteiger partial charge on any atom is -0.309 e. The highest BCUT2D eigenvalue weighted by molar-refractivity contribution is 6.21. The van der Waals surface area contributed by atoms with E-state index in [2.05, 4.69) is 193 Å². The van der Waals surface area contributed by atoms with Crippen LogP contribution in [0.25, 0.3) is 93.5 Å². The molecule has 0 amide bonds. The molecule has 1 aromatic heterocycles. The largest absolute Gasteiger partial charge is 0.309 e. The van der Waals surface area contributed by atoms with Crippen LogP contribution in [0.1, 0.15) is 5.56 Å². The first-order chi connectivity index (χ1) is 26.3. The number of para-hydroxylation sites is 2. The van der Waals surface area contributed by atoms with Gasteiger partial charge in [0.25, 0.3) is 0 Å². The molecule has 0 spiro atoms. The SMILES string of the molecule is N#Cc1ccc(-c2ccccc2-c2cccc(-c3c4ccccc4c(-c4ccccc4)c4ccccc34)c2)c(-n2c3ccccc3c3ccccc32)c1. The van der Waals surface area contributed by atoms with E-state index in [0.717, 1.165) is 39.0 Å². The van der Waals surface area contributed by atoms with Crippen molar-refractivity contribution in [1.29, 1.82) is 5.26 Å². The highest BCUT2D eigenvalue weighted by atomic mass is 15.0. The molecular weight excluding hydrogens is 641 g/mol. The van der Waals surface area contributed by atoms with Gasteiger partial charge in [0.2, 0.25) is 0 Å². The zero-order valence-corrected chi connectivity index (χ0v) is 28.9. The Labute approximate surface area is 308 Å². The number of hydrogen-bond acceptors (Lipinski definition) is 1. The average Bonchev–Trinajstić information content (AvgIpc) is 3.57. The summed E-state index contributed by atoms with van der Waals surface area (Å²) in [5.74, 6) is 0. The third-order valence-corrected chi connectivity index (χ3v) is 10.6. The first-order valence-corrected chi connectivity index (χ1v) is 18.0. The maximum absolute atomic E-state index is 10.1. The Morgan fingerprint density at radius 2 is 0.811 bits per heavy atom. The second-order valence-electron chi connectivity index (χ2n) is 13.5. The van der Waals surface area contributed by atoms with E-state index < -0.39 is 0 Å². The van der Waals surface area contributed by atoms with Gasteiger partial charge in [0.1, 0.15) is 0 Å². The van der Waals surface area contributed by atoms with E-state index in [1.54, 1.807) is 0 Å². The highest BCUT2D eigenvalue weighted by Crippen LogP contribution is 2.45. The van der Waals surface area contributed by atoms with Gasteiger partial charge in [-0.05, 0) is 90.8 Å². The third kappa shape index (κ3) is 4.94. The number of fused-ring (bicyclic) bond motifs is 5. The minimum atomic E-state index is 0.628. The minimum absolute atomic E-state index is 0.628. The van der Waals surface area contributed by atoms with Gasteiger partial charge in [0, 0.05) is 16.3 Å². The average molecular weight is 673 g/mol. The van der Waals surface area contributed by atoms with E-state index in [-0.39, 0.29) is 0 Å². The summed E-state index contributed by atoms with van der Waals surface area (Å²) in [5.41, 5.74) is 13.2. The topological polar surface area (TPSA) is 28.7 Å². The van der Waals surface area contributed by atoms with E-state index in [9.17, 15) is 5.26 Å². The maximum atomic E-state index is 10.1. The van der Waals surface area contributed by atoms with Crippen LogP contribution in [0.15, 0.2) is 194 Å². The van der Waals surface area contributed by atoms with E-state index >= 15 is 0 Å². The number of nitrogens with zero attached hydrogens (tertiary/aromatic N) is 2. The molecule has 10 rings (SSSR count). The summed E-state index contributed by atoms with van der Waals surface area (Å²) in [7, 11) is 0. The first kappa shape index (κ1) is 30.6. The molecule has 0 saturated heterocycles. The van der Waals surface area contributed by atoms with Gasteiger partial charge in [0.05, 0.1) is 28.4 Å². The van der Waals surface area contributed by atoms with Crippen LogP contribution in [0, 0.1) is 11.3 Å². The van der Waals surface area contributed by atoms with Crippen molar-refractivity contribution < 1.29 is 0 Å². The lowest BCUT2D eigenvalue weighted by molar-refractivity contribution is 1.18. The van der Waals surface area contributed by atoms with E-state index in [1.165, 1.54) is 54.6 Å². The number of hydrogen-bond donors (Lipinski definition) is 0. The van der Waals surface area contributed by atoms with Crippen LogP contribution >= 0.6 is 0 Å². The van der Waals surface area contributed by atoms with Crippen molar-refractivity contribution >= 4 is 43.4 Å². The standard InChI is InChI=1S/C51H32N2/c52-33-34-29-30-42(49(31-34)53-47-27-12-10-21-40(47)41-22-11-13-28-48(41)53)39-20-5-4-19-38(39)36-17-14-18-37(32-36)51-45-25-8-6-23-43(45)50(35-15-2-1-3-16-35)44-24-7-9-26-46(44)51/h1-32H. The summed E-state index contributed by atoms with van der Waals surface area (Å²) >= 11 is 0. The molecule has 0 N–H and O–H groups in total. The van der Waals surface area contributed by atoms with E-state index in [1.807, 2.05) is 12.1 Å². The van der Waals surface area contributed by atoms with Gasteiger partial charge in [0.15, 0.2) is 0 Å². The van der Waals surface area contributed by atoms with Crippen molar-refractivity contribution in [1.82, 2.24) is 4.57 Å². The highest BCUT2D eigenvalue weighted by Gasteiger charge is 2.20. The van der Waals surface area contributed by atoms with Crippen LogP contribution in [0.3, 0.4) is 0 Å². The Morgan fingerprint density at radius 1 is 0.340 bits per heavy atom. The quantitative estimate of drug-likeness (QED) is 0.167. The van der Waals surface area contributed by atoms with Crippen molar-refractivity contribution in [3.05, 3.63) is 200 Å². The summed E-state index contributed by atoms with van der Waals surface area (Å²) in [6, 6.07) is 71.6. The summed E-state index contributed by atoms with van der Waals surface area (Å²) in [6.07, 6.45) is 0. The smallest absolute Gasteiger partial charge is 0.0992 e. The third-order valence-electron chi connectivity index (χ3n) is 10.6. The lowest BCUT2D eigenvalue weighted by Crippen LogP contribution is -1.99. The Hall–Kier alpha value is -7.21. The predicted octanol–water partition coefficient (Wildman–Crippen LogP) is 13.6. The van der Waals surface area contributed by atoms with E-state index in [0.29, 0.717) is 5.56 Å². The van der Waals surface area contributed by atoms with Crippen LogP contribution in [-0.4, -0.2) is 4.57 Å². The van der Waals surface area contributed by atoms with Gasteiger partial charge in [-0.2, -0.15) is 5.26 Å². The zero-order chi connectivity index (χ0) is 35.3. The molecule has 0 aliphatic rings. The monoisotopic (exact) mass is 672 g/mol. The van der Waals surface area contributed by atoms with Crippen LogP contribution < -0.4 is 0 Å². The predicted molar refractivity (Wildman–Crippen MR) is 222 cm³/mol. The number of nitriles is 1. The Balaban J connectivity index is 1.20. The second kappa shape index (κ2) is 12.5. The van der Waals surface area contributed by atoms with Crippen LogP contribution in [0.2, 0.25) is 0 Å². The Bertz CT molecular complexity index is 2960. The molecule has 53 heavy (non-hydrogen) atoms. The molecule has 1 heterocycles. The maximum Gasteiger partial charge on any atom is 0.0992 e. The molecule has 0 atom stereocenters. The van der Waals surface area contributed by atoms with Crippen molar-refractivity contribution in [3.63, 3.8) is 0 Å². The van der Waals surface area contributed by atoms with Gasteiger partial charge in [-0.1, -0.05) is 164 Å². The zero-order valence-electron chi connectivity index (χ0n) is 28.9. The summed E-state index contributed by atoms with van der Waals surface area (Å²) < 4.78 is 2.32. The van der Waals surface area contributed by atoms with Crippen LogP contribution in [0.5, 0.6) is 0 Å². The molecule has 2 heteroatoms. The molecule has 0 saturated carbocycles. The fourth-order valence-electron chi connectivity index (χ4n) is 8.36. The molecule has 9 aromatic carbocycles. The van der Waals surface area contributed by atoms with Gasteiger partial charge in [-0.15, -0.1) is 0 Å². The molecule has 0 aliphatic carbocycles. The van der Waals surface area contributed by atoms with Crippen molar-refractivity contribution in [2.45, 2.75) is 0 Å². The lowest BCUT2D eigenvalue weighted by Gasteiger charge is -2.19. The molecule has 0 aliphatic heterocycles. The summed E-state index contributed by atoms with van der Waals surface area (Å²) in [5, 5.41) is 17.4. The van der Waals surface area contributed by atoms with Crippen molar-refractivity contribution in [2.75, 3.05) is 0 Å². The van der Waals surface area contributed by atoms with Crippen molar-refractivity contribution in [2.24, 2.45) is 0 Å². The Morgan fingerprint density at radius 3 is 1.42 bits per heavy atom. The van der Waals surface area contributed by atoms with E-state index in [4.69, 9.17) is 0 Å². The number of benzene rings is 9. The molecule has 0 fully saturated rings. The fourth-order valence-corrected chi connectivity index (χ4v) is 8.36. The molecule has 0 bridgehead atoms. The van der Waals surface area contributed by atoms with Crippen molar-refractivity contribution in [3.8, 4) is 56.3 Å². The number of aromatic nitrogens is 1. The Kier molecular flexibility index (Phi) is 7.23.